The number of nitrogens with two attached hydrogens (primary N) is 1. The molecule has 0 saturated carbocycles. The minimum atomic E-state index is -0.439. The van der Waals surface area contributed by atoms with Gasteiger partial charge in [0.2, 0.25) is 0 Å². The fraction of sp³-hybridized carbons (Fsp3) is 0. The Labute approximate surface area is 99.3 Å². The van der Waals surface area contributed by atoms with Gasteiger partial charge in [0.1, 0.15) is 4.34 Å². The fourth-order valence-corrected chi connectivity index (χ4v) is 2.19. The molecule has 0 bridgehead atoms. The van der Waals surface area contributed by atoms with Gasteiger partial charge in [-0.25, -0.2) is 0 Å². The molecule has 1 amide bonds. The second-order valence-electron chi connectivity index (χ2n) is 2.18. The van der Waals surface area contributed by atoms with Crippen molar-refractivity contribution in [2.45, 2.75) is 0 Å². The normalized spacial score (nSPS) is 9.57. The van der Waals surface area contributed by atoms with Gasteiger partial charge in [0.15, 0.2) is 5.11 Å². The summed E-state index contributed by atoms with van der Waals surface area (Å²) < 4.78 is 0.757. The van der Waals surface area contributed by atoms with Crippen LogP contribution in [-0.4, -0.2) is 11.0 Å². The van der Waals surface area contributed by atoms with E-state index in [2.05, 4.69) is 23.1 Å². The smallest absolute Gasteiger partial charge is 0.272 e. The van der Waals surface area contributed by atoms with Gasteiger partial charge in [-0.3, -0.25) is 15.6 Å². The van der Waals surface area contributed by atoms with Crippen molar-refractivity contribution < 1.29 is 4.79 Å². The van der Waals surface area contributed by atoms with E-state index in [1.165, 1.54) is 6.07 Å². The summed E-state index contributed by atoms with van der Waals surface area (Å²) in [5.74, 6) is -0.439. The predicted molar refractivity (Wildman–Crippen MR) is 61.7 cm³/mol. The Morgan fingerprint density at radius 1 is 1.50 bits per heavy atom. The monoisotopic (exact) mass is 269 g/mol. The molecule has 0 aromatic carbocycles. The van der Waals surface area contributed by atoms with Gasteiger partial charge in [-0.15, -0.1) is 11.3 Å². The van der Waals surface area contributed by atoms with Crippen LogP contribution in [0.3, 0.4) is 0 Å². The Hall–Kier alpha value is -0.560. The zero-order chi connectivity index (χ0) is 10.7. The molecule has 0 aliphatic rings. The van der Waals surface area contributed by atoms with Crippen LogP contribution in [0.2, 0.25) is 8.67 Å². The highest BCUT2D eigenvalue weighted by molar-refractivity contribution is 7.80. The number of hydrogen-bond acceptors (Lipinski definition) is 3. The highest BCUT2D eigenvalue weighted by Crippen LogP contribution is 2.30. The number of hydrazine groups is 1. The van der Waals surface area contributed by atoms with Crippen molar-refractivity contribution in [3.05, 3.63) is 20.3 Å². The van der Waals surface area contributed by atoms with E-state index in [4.69, 9.17) is 28.9 Å². The number of rotatable bonds is 1. The number of carbonyl (C=O) groups is 1. The first-order valence-electron chi connectivity index (χ1n) is 3.31. The van der Waals surface area contributed by atoms with Crippen molar-refractivity contribution in [3.8, 4) is 0 Å². The molecule has 0 fully saturated rings. The van der Waals surface area contributed by atoms with Crippen molar-refractivity contribution in [3.63, 3.8) is 0 Å². The standard InChI is InChI=1S/C6H5Cl2N3OS2/c7-3-1-2(4(8)14-3)5(12)10-11-6(9)13/h1H,(H,10,12)(H3,9,11,13). The molecule has 1 aromatic rings. The van der Waals surface area contributed by atoms with E-state index in [0.717, 1.165) is 11.3 Å². The van der Waals surface area contributed by atoms with Crippen LogP contribution >= 0.6 is 46.8 Å². The molecule has 8 heteroatoms. The molecule has 4 nitrogen and oxygen atoms in total. The lowest BCUT2D eigenvalue weighted by molar-refractivity contribution is 0.0944. The van der Waals surface area contributed by atoms with Crippen LogP contribution in [0.4, 0.5) is 0 Å². The van der Waals surface area contributed by atoms with Gasteiger partial charge >= 0.3 is 0 Å². The largest absolute Gasteiger partial charge is 0.375 e. The maximum absolute atomic E-state index is 11.4. The summed E-state index contributed by atoms with van der Waals surface area (Å²) in [6.45, 7) is 0. The van der Waals surface area contributed by atoms with Gasteiger partial charge < -0.3 is 5.73 Å². The predicted octanol–water partition coefficient (Wildman–Crippen LogP) is 1.53. The fourth-order valence-electron chi connectivity index (χ4n) is 0.681. The summed E-state index contributed by atoms with van der Waals surface area (Å²) in [6.07, 6.45) is 0. The van der Waals surface area contributed by atoms with Gasteiger partial charge in [-0.05, 0) is 18.3 Å². The first kappa shape index (κ1) is 11.5. The van der Waals surface area contributed by atoms with Crippen molar-refractivity contribution in [1.29, 1.82) is 0 Å². The van der Waals surface area contributed by atoms with Crippen LogP contribution < -0.4 is 16.6 Å². The van der Waals surface area contributed by atoms with E-state index in [1.54, 1.807) is 0 Å². The molecule has 0 unspecified atom stereocenters. The Bertz CT molecular complexity index is 379. The Morgan fingerprint density at radius 3 is 2.57 bits per heavy atom. The van der Waals surface area contributed by atoms with Gasteiger partial charge in [0, 0.05) is 0 Å². The van der Waals surface area contributed by atoms with E-state index in [-0.39, 0.29) is 10.7 Å². The first-order valence-corrected chi connectivity index (χ1v) is 5.29. The summed E-state index contributed by atoms with van der Waals surface area (Å²) in [5, 5.41) is -0.0317. The van der Waals surface area contributed by atoms with Crippen LogP contribution in [0.15, 0.2) is 6.07 Å². The molecule has 1 aromatic heterocycles. The molecule has 0 saturated heterocycles. The van der Waals surface area contributed by atoms with Crippen LogP contribution in [-0.2, 0) is 0 Å². The minimum absolute atomic E-state index is 0.0317. The van der Waals surface area contributed by atoms with Crippen LogP contribution in [0.5, 0.6) is 0 Å². The molecule has 76 valence electrons. The lowest BCUT2D eigenvalue weighted by Gasteiger charge is -2.04. The van der Waals surface area contributed by atoms with Crippen molar-refractivity contribution >= 4 is 57.8 Å². The van der Waals surface area contributed by atoms with Gasteiger partial charge in [-0.2, -0.15) is 0 Å². The number of hydrogen-bond donors (Lipinski definition) is 3. The number of thiocarbonyl (C=S) groups is 1. The number of halogens is 2. The maximum Gasteiger partial charge on any atom is 0.272 e. The van der Waals surface area contributed by atoms with E-state index in [1.807, 2.05) is 0 Å². The molecular formula is C6H5Cl2N3OS2. The molecule has 0 spiro atoms. The highest BCUT2D eigenvalue weighted by Gasteiger charge is 2.13. The molecule has 1 rings (SSSR count). The Morgan fingerprint density at radius 2 is 2.14 bits per heavy atom. The Balaban J connectivity index is 2.69. The average molecular weight is 270 g/mol. The highest BCUT2D eigenvalue weighted by atomic mass is 35.5. The molecule has 4 N–H and O–H groups in total. The number of amides is 1. The van der Waals surface area contributed by atoms with Crippen molar-refractivity contribution in [1.82, 2.24) is 10.9 Å². The van der Waals surface area contributed by atoms with Gasteiger partial charge in [-0.1, -0.05) is 23.2 Å². The minimum Gasteiger partial charge on any atom is -0.375 e. The average Bonchev–Trinajstić information content (AvgIpc) is 2.41. The second-order valence-corrected chi connectivity index (χ2v) is 4.91. The SMILES string of the molecule is NC(=S)NNC(=O)c1cc(Cl)sc1Cl. The summed E-state index contributed by atoms with van der Waals surface area (Å²) in [4.78, 5) is 11.4. The Kier molecular flexibility index (Phi) is 3.94. The quantitative estimate of drug-likeness (QED) is 0.535. The lowest BCUT2D eigenvalue weighted by atomic mass is 10.3. The van der Waals surface area contributed by atoms with Gasteiger partial charge in [0.05, 0.1) is 9.90 Å². The third kappa shape index (κ3) is 2.98. The molecule has 1 heterocycles. The third-order valence-electron chi connectivity index (χ3n) is 1.20. The number of nitrogens with one attached hydrogen (secondary N) is 2. The molecule has 0 radical (unpaired) electrons. The lowest BCUT2D eigenvalue weighted by Crippen LogP contribution is -2.44. The number of thiophene rings is 1. The second kappa shape index (κ2) is 4.79. The summed E-state index contributed by atoms with van der Waals surface area (Å²) >= 11 is 17.0. The zero-order valence-electron chi connectivity index (χ0n) is 6.64. The molecule has 0 aliphatic heterocycles. The van der Waals surface area contributed by atoms with E-state index in [0.29, 0.717) is 8.67 Å². The van der Waals surface area contributed by atoms with E-state index < -0.39 is 5.91 Å². The summed E-state index contributed by atoms with van der Waals surface area (Å²) in [7, 11) is 0. The van der Waals surface area contributed by atoms with Crippen LogP contribution in [0, 0.1) is 0 Å². The van der Waals surface area contributed by atoms with E-state index >= 15 is 0 Å². The summed E-state index contributed by atoms with van der Waals surface area (Å²) in [6, 6.07) is 1.46. The topological polar surface area (TPSA) is 67.2 Å². The van der Waals surface area contributed by atoms with Gasteiger partial charge in [0.25, 0.3) is 5.91 Å². The number of carbonyl (C=O) groups excluding carboxylic acids is 1. The first-order chi connectivity index (χ1) is 6.50. The van der Waals surface area contributed by atoms with Crippen LogP contribution in [0.1, 0.15) is 10.4 Å². The molecule has 0 atom stereocenters. The van der Waals surface area contributed by atoms with Crippen LogP contribution in [0.25, 0.3) is 0 Å². The molecule has 0 aliphatic carbocycles. The summed E-state index contributed by atoms with van der Waals surface area (Å²) in [5.41, 5.74) is 9.95. The van der Waals surface area contributed by atoms with Crippen molar-refractivity contribution in [2.75, 3.05) is 0 Å². The molecule has 14 heavy (non-hydrogen) atoms. The molecular weight excluding hydrogens is 265 g/mol. The van der Waals surface area contributed by atoms with E-state index in [9.17, 15) is 4.79 Å². The third-order valence-corrected chi connectivity index (χ3v) is 2.79. The van der Waals surface area contributed by atoms with Crippen molar-refractivity contribution in [2.24, 2.45) is 5.73 Å². The zero-order valence-corrected chi connectivity index (χ0v) is 9.78. The maximum atomic E-state index is 11.4.